The summed E-state index contributed by atoms with van der Waals surface area (Å²) in [5.74, 6) is 0.381. The van der Waals surface area contributed by atoms with E-state index in [1.807, 2.05) is 6.92 Å². The predicted molar refractivity (Wildman–Crippen MR) is 38.3 cm³/mol. The van der Waals surface area contributed by atoms with Crippen molar-refractivity contribution in [3.8, 4) is 0 Å². The van der Waals surface area contributed by atoms with Crippen LogP contribution < -0.4 is 0 Å². The largest absolute Gasteiger partial charge is 0.396 e. The molecule has 0 spiro atoms. The van der Waals surface area contributed by atoms with E-state index < -0.39 is 6.29 Å². The quantitative estimate of drug-likeness (QED) is 0.484. The Bertz CT molecular complexity index is 73.3. The van der Waals surface area contributed by atoms with Gasteiger partial charge in [-0.15, -0.1) is 0 Å². The van der Waals surface area contributed by atoms with Crippen LogP contribution in [0.15, 0.2) is 0 Å². The lowest BCUT2D eigenvalue weighted by Crippen LogP contribution is -2.07. The van der Waals surface area contributed by atoms with Crippen LogP contribution in [-0.4, -0.2) is 28.2 Å². The monoisotopic (exact) mass is 148 g/mol. The minimum atomic E-state index is -1.19. The highest BCUT2D eigenvalue weighted by Crippen LogP contribution is 2.09. The summed E-state index contributed by atoms with van der Waals surface area (Å²) in [5.41, 5.74) is 0. The molecule has 0 radical (unpaired) electrons. The van der Waals surface area contributed by atoms with E-state index in [4.69, 9.17) is 15.3 Å². The number of aliphatic hydroxyl groups is 3. The van der Waals surface area contributed by atoms with Gasteiger partial charge in [-0.25, -0.2) is 0 Å². The maximum absolute atomic E-state index is 8.48. The summed E-state index contributed by atoms with van der Waals surface area (Å²) in [4.78, 5) is 0. The first kappa shape index (κ1) is 9.88. The minimum absolute atomic E-state index is 0.183. The Morgan fingerprint density at radius 1 is 1.10 bits per heavy atom. The van der Waals surface area contributed by atoms with Crippen molar-refractivity contribution in [2.24, 2.45) is 5.92 Å². The van der Waals surface area contributed by atoms with Gasteiger partial charge in [-0.05, 0) is 25.2 Å². The molecule has 3 heteroatoms. The van der Waals surface area contributed by atoms with Crippen LogP contribution in [0, 0.1) is 5.92 Å². The summed E-state index contributed by atoms with van der Waals surface area (Å²) in [5, 5.41) is 25.4. The molecule has 1 unspecified atom stereocenters. The van der Waals surface area contributed by atoms with Crippen LogP contribution in [-0.2, 0) is 0 Å². The standard InChI is InChI=1S/C7H16O3/c1-6(4-5-8)2-3-7(9)10/h6-10H,2-5H2,1H3. The zero-order valence-corrected chi connectivity index (χ0v) is 6.32. The number of hydrogen-bond donors (Lipinski definition) is 3. The fourth-order valence-corrected chi connectivity index (χ4v) is 0.798. The van der Waals surface area contributed by atoms with Crippen molar-refractivity contribution in [2.45, 2.75) is 32.5 Å². The van der Waals surface area contributed by atoms with E-state index in [-0.39, 0.29) is 6.61 Å². The topological polar surface area (TPSA) is 60.7 Å². The highest BCUT2D eigenvalue weighted by molar-refractivity contribution is 4.52. The molecule has 0 saturated heterocycles. The second-order valence-corrected chi connectivity index (χ2v) is 2.68. The average Bonchev–Trinajstić information content (AvgIpc) is 1.85. The van der Waals surface area contributed by atoms with E-state index in [1.54, 1.807) is 0 Å². The molecule has 0 saturated carbocycles. The van der Waals surface area contributed by atoms with Crippen LogP contribution in [0.2, 0.25) is 0 Å². The van der Waals surface area contributed by atoms with Crippen LogP contribution in [0.3, 0.4) is 0 Å². The van der Waals surface area contributed by atoms with Crippen molar-refractivity contribution >= 4 is 0 Å². The maximum Gasteiger partial charge on any atom is 0.151 e. The van der Waals surface area contributed by atoms with E-state index >= 15 is 0 Å². The second kappa shape index (κ2) is 5.65. The first-order chi connectivity index (χ1) is 4.66. The van der Waals surface area contributed by atoms with Gasteiger partial charge in [0.25, 0.3) is 0 Å². The van der Waals surface area contributed by atoms with Gasteiger partial charge in [-0.3, -0.25) is 0 Å². The van der Waals surface area contributed by atoms with Crippen LogP contribution >= 0.6 is 0 Å². The fourth-order valence-electron chi connectivity index (χ4n) is 0.798. The molecule has 62 valence electrons. The van der Waals surface area contributed by atoms with Gasteiger partial charge in [-0.2, -0.15) is 0 Å². The van der Waals surface area contributed by atoms with Crippen molar-refractivity contribution in [3.05, 3.63) is 0 Å². The van der Waals surface area contributed by atoms with Gasteiger partial charge in [0, 0.05) is 6.61 Å². The third-order valence-corrected chi connectivity index (χ3v) is 1.54. The molecule has 0 heterocycles. The average molecular weight is 148 g/mol. The normalized spacial score (nSPS) is 14.1. The highest BCUT2D eigenvalue weighted by atomic mass is 16.5. The van der Waals surface area contributed by atoms with E-state index in [0.717, 1.165) is 12.8 Å². The molecule has 0 rings (SSSR count). The Hall–Kier alpha value is -0.120. The molecule has 3 N–H and O–H groups in total. The minimum Gasteiger partial charge on any atom is -0.396 e. The van der Waals surface area contributed by atoms with Gasteiger partial charge in [0.1, 0.15) is 0 Å². The molecule has 0 amide bonds. The van der Waals surface area contributed by atoms with Crippen LogP contribution in [0.5, 0.6) is 0 Å². The molecule has 0 aliphatic heterocycles. The summed E-state index contributed by atoms with van der Waals surface area (Å²) in [7, 11) is 0. The second-order valence-electron chi connectivity index (χ2n) is 2.68. The predicted octanol–water partition coefficient (Wildman–Crippen LogP) is 0.0958. The van der Waals surface area contributed by atoms with E-state index in [2.05, 4.69) is 0 Å². The summed E-state index contributed by atoms with van der Waals surface area (Å²) in [6.07, 6.45) is 0.715. The van der Waals surface area contributed by atoms with Gasteiger partial charge in [0.05, 0.1) is 0 Å². The van der Waals surface area contributed by atoms with E-state index in [9.17, 15) is 0 Å². The molecule has 0 bridgehead atoms. The molecule has 0 aromatic carbocycles. The summed E-state index contributed by atoms with van der Waals surface area (Å²) >= 11 is 0. The Morgan fingerprint density at radius 3 is 2.10 bits per heavy atom. The van der Waals surface area contributed by atoms with Crippen molar-refractivity contribution in [3.63, 3.8) is 0 Å². The van der Waals surface area contributed by atoms with Crippen molar-refractivity contribution in [1.29, 1.82) is 0 Å². The van der Waals surface area contributed by atoms with Gasteiger partial charge < -0.3 is 15.3 Å². The zero-order chi connectivity index (χ0) is 7.98. The molecule has 0 aliphatic carbocycles. The van der Waals surface area contributed by atoms with Crippen LogP contribution in [0.25, 0.3) is 0 Å². The molecule has 0 aromatic heterocycles. The van der Waals surface area contributed by atoms with Gasteiger partial charge in [-0.1, -0.05) is 6.92 Å². The van der Waals surface area contributed by atoms with Crippen LogP contribution in [0.1, 0.15) is 26.2 Å². The number of rotatable bonds is 5. The summed E-state index contributed by atoms with van der Waals surface area (Å²) < 4.78 is 0. The zero-order valence-electron chi connectivity index (χ0n) is 6.32. The summed E-state index contributed by atoms with van der Waals surface area (Å²) in [6.45, 7) is 2.17. The molecule has 10 heavy (non-hydrogen) atoms. The van der Waals surface area contributed by atoms with E-state index in [0.29, 0.717) is 12.3 Å². The smallest absolute Gasteiger partial charge is 0.151 e. The Morgan fingerprint density at radius 2 is 1.70 bits per heavy atom. The molecule has 0 aliphatic rings. The summed E-state index contributed by atoms with van der Waals surface area (Å²) in [6, 6.07) is 0. The molecule has 0 aromatic rings. The molecule has 0 fully saturated rings. The maximum atomic E-state index is 8.48. The Labute approximate surface area is 61.3 Å². The fraction of sp³-hybridized carbons (Fsp3) is 1.00. The first-order valence-corrected chi connectivity index (χ1v) is 3.63. The third kappa shape index (κ3) is 6.01. The third-order valence-electron chi connectivity index (χ3n) is 1.54. The van der Waals surface area contributed by atoms with E-state index in [1.165, 1.54) is 0 Å². The highest BCUT2D eigenvalue weighted by Gasteiger charge is 2.03. The van der Waals surface area contributed by atoms with Gasteiger partial charge >= 0.3 is 0 Å². The van der Waals surface area contributed by atoms with Crippen molar-refractivity contribution in [1.82, 2.24) is 0 Å². The Balaban J connectivity index is 3.12. The van der Waals surface area contributed by atoms with Gasteiger partial charge in [0.15, 0.2) is 6.29 Å². The van der Waals surface area contributed by atoms with Crippen molar-refractivity contribution < 1.29 is 15.3 Å². The lowest BCUT2D eigenvalue weighted by molar-refractivity contribution is -0.0489. The molecular formula is C7H16O3. The molecule has 3 nitrogen and oxygen atoms in total. The van der Waals surface area contributed by atoms with Crippen LogP contribution in [0.4, 0.5) is 0 Å². The molecule has 1 atom stereocenters. The lowest BCUT2D eigenvalue weighted by Gasteiger charge is -2.09. The lowest BCUT2D eigenvalue weighted by atomic mass is 10.0. The number of hydrogen-bond acceptors (Lipinski definition) is 3. The van der Waals surface area contributed by atoms with Gasteiger partial charge in [0.2, 0.25) is 0 Å². The first-order valence-electron chi connectivity index (χ1n) is 3.63. The molecular weight excluding hydrogens is 132 g/mol. The Kier molecular flexibility index (Phi) is 5.58. The SMILES string of the molecule is CC(CCO)CCC(O)O. The van der Waals surface area contributed by atoms with Crippen molar-refractivity contribution in [2.75, 3.05) is 6.61 Å². The number of aliphatic hydroxyl groups excluding tert-OH is 2.